The van der Waals surface area contributed by atoms with Gasteiger partial charge in [0.1, 0.15) is 5.60 Å². The molecule has 2 N–H and O–H groups in total. The van der Waals surface area contributed by atoms with Gasteiger partial charge in [0.2, 0.25) is 5.91 Å². The van der Waals surface area contributed by atoms with Crippen molar-refractivity contribution >= 4 is 17.5 Å². The van der Waals surface area contributed by atoms with Gasteiger partial charge >= 0.3 is 0 Å². The highest BCUT2D eigenvalue weighted by atomic mass is 16.3. The monoisotopic (exact) mass is 262 g/mol. The Hall–Kier alpha value is -1.88. The van der Waals surface area contributed by atoms with Crippen LogP contribution in [0.3, 0.4) is 0 Å². The number of hydrogen-bond donors (Lipinski definition) is 2. The van der Waals surface area contributed by atoms with Crippen LogP contribution in [0.5, 0.6) is 0 Å². The Morgan fingerprint density at radius 2 is 2.16 bits per heavy atom. The van der Waals surface area contributed by atoms with E-state index in [0.29, 0.717) is 13.0 Å². The molecule has 0 aromatic heterocycles. The molecule has 0 aliphatic carbocycles. The Morgan fingerprint density at radius 1 is 1.47 bits per heavy atom. The first-order valence-electron chi connectivity index (χ1n) is 6.17. The van der Waals surface area contributed by atoms with Crippen molar-refractivity contribution in [3.8, 4) is 0 Å². The first-order valence-corrected chi connectivity index (χ1v) is 6.17. The molecule has 0 saturated carbocycles. The number of nitrogens with one attached hydrogen (secondary N) is 1. The number of hydrogen-bond acceptors (Lipinski definition) is 3. The second kappa shape index (κ2) is 4.66. The van der Waals surface area contributed by atoms with Crippen molar-refractivity contribution in [2.75, 3.05) is 12.4 Å². The van der Waals surface area contributed by atoms with E-state index in [-0.39, 0.29) is 11.8 Å². The number of carbonyl (C=O) groups excluding carboxylic acids is 2. The normalized spacial score (nSPS) is 14.0. The van der Waals surface area contributed by atoms with Crippen LogP contribution in [-0.2, 0) is 22.6 Å². The molecule has 0 unspecified atom stereocenters. The minimum Gasteiger partial charge on any atom is -0.381 e. The second-order valence-corrected chi connectivity index (χ2v) is 5.44. The van der Waals surface area contributed by atoms with E-state index in [1.54, 1.807) is 7.05 Å². The molecular formula is C14H18N2O3. The van der Waals surface area contributed by atoms with Crippen molar-refractivity contribution < 1.29 is 14.7 Å². The summed E-state index contributed by atoms with van der Waals surface area (Å²) in [7, 11) is 1.65. The summed E-state index contributed by atoms with van der Waals surface area (Å²) in [5.74, 6) is -0.338. The molecule has 0 radical (unpaired) electrons. The molecule has 5 heteroatoms. The highest BCUT2D eigenvalue weighted by Crippen LogP contribution is 2.24. The number of anilines is 1. The Bertz CT molecular complexity index is 532. The molecule has 102 valence electrons. The fourth-order valence-corrected chi connectivity index (χ4v) is 2.19. The van der Waals surface area contributed by atoms with E-state index < -0.39 is 5.60 Å². The third-order valence-electron chi connectivity index (χ3n) is 3.08. The van der Waals surface area contributed by atoms with Crippen LogP contribution in [0, 0.1) is 0 Å². The summed E-state index contributed by atoms with van der Waals surface area (Å²) < 4.78 is 0. The Labute approximate surface area is 112 Å². The number of fused-ring (bicyclic) bond motifs is 1. The number of likely N-dealkylation sites (N-methyl/N-ethyl adjacent to an activating group) is 1. The lowest BCUT2D eigenvalue weighted by Gasteiger charge is -2.25. The van der Waals surface area contributed by atoms with Gasteiger partial charge in [0.05, 0.1) is 6.42 Å². The van der Waals surface area contributed by atoms with Crippen molar-refractivity contribution in [2.24, 2.45) is 0 Å². The van der Waals surface area contributed by atoms with E-state index in [9.17, 15) is 14.7 Å². The van der Waals surface area contributed by atoms with Crippen LogP contribution < -0.4 is 5.32 Å². The van der Waals surface area contributed by atoms with Crippen LogP contribution in [0.4, 0.5) is 5.69 Å². The molecule has 0 atom stereocenters. The first-order chi connectivity index (χ1) is 8.77. The van der Waals surface area contributed by atoms with E-state index in [1.165, 1.54) is 18.7 Å². The molecule has 1 aromatic rings. The van der Waals surface area contributed by atoms with Crippen molar-refractivity contribution in [3.05, 3.63) is 29.3 Å². The predicted octanol–water partition coefficient (Wildman–Crippen LogP) is 0.910. The SMILES string of the molecule is CN(Cc1ccc2c(c1)CC(=O)N2)C(=O)C(C)(C)O. The maximum atomic E-state index is 11.9. The van der Waals surface area contributed by atoms with E-state index in [4.69, 9.17) is 0 Å². The van der Waals surface area contributed by atoms with Gasteiger partial charge in [0.15, 0.2) is 0 Å². The van der Waals surface area contributed by atoms with Gasteiger partial charge in [0, 0.05) is 19.3 Å². The van der Waals surface area contributed by atoms with Gasteiger partial charge < -0.3 is 15.3 Å². The average molecular weight is 262 g/mol. The quantitative estimate of drug-likeness (QED) is 0.850. The zero-order valence-electron chi connectivity index (χ0n) is 11.4. The molecule has 2 amide bonds. The fourth-order valence-electron chi connectivity index (χ4n) is 2.19. The van der Waals surface area contributed by atoms with Gasteiger partial charge in [-0.2, -0.15) is 0 Å². The molecule has 1 heterocycles. The van der Waals surface area contributed by atoms with Gasteiger partial charge in [-0.25, -0.2) is 0 Å². The lowest BCUT2D eigenvalue weighted by Crippen LogP contribution is -2.42. The molecule has 19 heavy (non-hydrogen) atoms. The number of aliphatic hydroxyl groups is 1. The summed E-state index contributed by atoms with van der Waals surface area (Å²) in [5, 5.41) is 12.4. The Balaban J connectivity index is 2.11. The predicted molar refractivity (Wildman–Crippen MR) is 71.5 cm³/mol. The molecular weight excluding hydrogens is 244 g/mol. The van der Waals surface area contributed by atoms with Gasteiger partial charge in [-0.1, -0.05) is 12.1 Å². The Kier molecular flexibility index (Phi) is 3.32. The van der Waals surface area contributed by atoms with Crippen LogP contribution in [-0.4, -0.2) is 34.5 Å². The number of benzene rings is 1. The van der Waals surface area contributed by atoms with Crippen LogP contribution in [0.25, 0.3) is 0 Å². The molecule has 0 fully saturated rings. The number of carbonyl (C=O) groups is 2. The highest BCUT2D eigenvalue weighted by molar-refractivity contribution is 5.99. The number of amides is 2. The molecule has 0 bridgehead atoms. The van der Waals surface area contributed by atoms with Crippen LogP contribution >= 0.6 is 0 Å². The van der Waals surface area contributed by atoms with Crippen molar-refractivity contribution in [1.82, 2.24) is 4.90 Å². The minimum absolute atomic E-state index is 0.00641. The molecule has 1 aliphatic heterocycles. The zero-order valence-corrected chi connectivity index (χ0v) is 11.4. The lowest BCUT2D eigenvalue weighted by molar-refractivity contribution is -0.147. The summed E-state index contributed by atoms with van der Waals surface area (Å²) in [6.07, 6.45) is 0.381. The van der Waals surface area contributed by atoms with E-state index in [0.717, 1.165) is 16.8 Å². The zero-order chi connectivity index (χ0) is 14.2. The van der Waals surface area contributed by atoms with Crippen LogP contribution in [0.2, 0.25) is 0 Å². The summed E-state index contributed by atoms with van der Waals surface area (Å²) >= 11 is 0. The van der Waals surface area contributed by atoms with Crippen LogP contribution in [0.15, 0.2) is 18.2 Å². The topological polar surface area (TPSA) is 69.6 Å². The van der Waals surface area contributed by atoms with Crippen molar-refractivity contribution in [3.63, 3.8) is 0 Å². The summed E-state index contributed by atoms with van der Waals surface area (Å²) in [5.41, 5.74) is 1.36. The third-order valence-corrected chi connectivity index (χ3v) is 3.08. The first kappa shape index (κ1) is 13.5. The van der Waals surface area contributed by atoms with Gasteiger partial charge in [-0.3, -0.25) is 9.59 Å². The third kappa shape index (κ3) is 2.93. The molecule has 1 aromatic carbocycles. The van der Waals surface area contributed by atoms with Crippen molar-refractivity contribution in [2.45, 2.75) is 32.4 Å². The van der Waals surface area contributed by atoms with E-state index >= 15 is 0 Å². The van der Waals surface area contributed by atoms with Gasteiger partial charge in [-0.05, 0) is 31.0 Å². The smallest absolute Gasteiger partial charge is 0.253 e. The van der Waals surface area contributed by atoms with Crippen molar-refractivity contribution in [1.29, 1.82) is 0 Å². The molecule has 2 rings (SSSR count). The fraction of sp³-hybridized carbons (Fsp3) is 0.429. The van der Waals surface area contributed by atoms with Crippen LogP contribution in [0.1, 0.15) is 25.0 Å². The molecule has 5 nitrogen and oxygen atoms in total. The molecule has 0 spiro atoms. The Morgan fingerprint density at radius 3 is 2.79 bits per heavy atom. The van der Waals surface area contributed by atoms with E-state index in [2.05, 4.69) is 5.32 Å². The molecule has 1 aliphatic rings. The number of rotatable bonds is 3. The highest BCUT2D eigenvalue weighted by Gasteiger charge is 2.27. The average Bonchev–Trinajstić information content (AvgIpc) is 2.66. The summed E-state index contributed by atoms with van der Waals surface area (Å²) in [4.78, 5) is 24.6. The standard InChI is InChI=1S/C14H18N2O3/c1-14(2,19)13(18)16(3)8-9-4-5-11-10(6-9)7-12(17)15-11/h4-6,19H,7-8H2,1-3H3,(H,15,17). The minimum atomic E-state index is -1.37. The molecule has 0 saturated heterocycles. The maximum absolute atomic E-state index is 11.9. The second-order valence-electron chi connectivity index (χ2n) is 5.44. The summed E-state index contributed by atoms with van der Waals surface area (Å²) in [6.45, 7) is 3.35. The summed E-state index contributed by atoms with van der Waals surface area (Å²) in [6, 6.07) is 5.64. The lowest BCUT2D eigenvalue weighted by atomic mass is 10.1. The number of nitrogens with zero attached hydrogens (tertiary/aromatic N) is 1. The maximum Gasteiger partial charge on any atom is 0.253 e. The van der Waals surface area contributed by atoms with Gasteiger partial charge in [-0.15, -0.1) is 0 Å². The largest absolute Gasteiger partial charge is 0.381 e. The van der Waals surface area contributed by atoms with E-state index in [1.807, 2.05) is 18.2 Å². The van der Waals surface area contributed by atoms with Gasteiger partial charge in [0.25, 0.3) is 5.91 Å².